The molecule has 0 radical (unpaired) electrons. The van der Waals surface area contributed by atoms with Gasteiger partial charge in [0.15, 0.2) is 0 Å². The van der Waals surface area contributed by atoms with E-state index >= 15 is 0 Å². The van der Waals surface area contributed by atoms with Crippen LogP contribution in [-0.4, -0.2) is 28.8 Å². The van der Waals surface area contributed by atoms with Crippen molar-refractivity contribution in [3.05, 3.63) is 35.4 Å². The largest absolute Gasteiger partial charge is 0.416 e. The topological polar surface area (TPSA) is 49.4 Å². The van der Waals surface area contributed by atoms with Crippen LogP contribution in [0.4, 0.5) is 13.2 Å². The summed E-state index contributed by atoms with van der Waals surface area (Å²) in [5.74, 6) is -0.780. The van der Waals surface area contributed by atoms with Gasteiger partial charge in [-0.25, -0.2) is 0 Å². The van der Waals surface area contributed by atoms with Gasteiger partial charge in [-0.2, -0.15) is 13.2 Å². The highest BCUT2D eigenvalue weighted by atomic mass is 19.4. The van der Waals surface area contributed by atoms with Gasteiger partial charge >= 0.3 is 6.18 Å². The van der Waals surface area contributed by atoms with Crippen LogP contribution in [0.25, 0.3) is 0 Å². The number of carbonyl (C=O) groups is 2. The van der Waals surface area contributed by atoms with Crippen molar-refractivity contribution in [2.75, 3.05) is 6.54 Å². The van der Waals surface area contributed by atoms with E-state index in [-0.39, 0.29) is 19.0 Å². The van der Waals surface area contributed by atoms with Crippen LogP contribution in [0.2, 0.25) is 0 Å². The third-order valence-corrected chi connectivity index (χ3v) is 3.38. The van der Waals surface area contributed by atoms with Crippen molar-refractivity contribution in [3.63, 3.8) is 0 Å². The van der Waals surface area contributed by atoms with Gasteiger partial charge in [-0.1, -0.05) is 12.1 Å². The standard InChI is InChI=1S/C14H15F3N2O2/c1-13(2)12(21)19(11(20)7-18-13)8-9-3-5-10(6-4-9)14(15,16)17/h3-6,18H,7-8H2,1-2H3. The van der Waals surface area contributed by atoms with Crippen molar-refractivity contribution in [2.45, 2.75) is 32.1 Å². The third-order valence-electron chi connectivity index (χ3n) is 3.38. The first-order chi connectivity index (χ1) is 9.61. The summed E-state index contributed by atoms with van der Waals surface area (Å²) in [6.07, 6.45) is -4.40. The average Bonchev–Trinajstić information content (AvgIpc) is 2.39. The number of amides is 2. The van der Waals surface area contributed by atoms with E-state index in [4.69, 9.17) is 0 Å². The molecule has 2 rings (SSSR count). The third kappa shape index (κ3) is 3.24. The lowest BCUT2D eigenvalue weighted by Crippen LogP contribution is -2.63. The molecule has 114 valence electrons. The molecule has 0 bridgehead atoms. The Hall–Kier alpha value is -1.89. The molecule has 1 saturated heterocycles. The lowest BCUT2D eigenvalue weighted by Gasteiger charge is -2.36. The number of carbonyl (C=O) groups excluding carboxylic acids is 2. The molecule has 1 aromatic carbocycles. The van der Waals surface area contributed by atoms with E-state index in [1.807, 2.05) is 0 Å². The molecular formula is C14H15F3N2O2. The van der Waals surface area contributed by atoms with E-state index in [0.29, 0.717) is 5.56 Å². The Morgan fingerprint density at radius 3 is 2.29 bits per heavy atom. The second-order valence-corrected chi connectivity index (χ2v) is 5.46. The first kappa shape index (κ1) is 15.5. The molecule has 1 aliphatic rings. The minimum Gasteiger partial charge on any atom is -0.295 e. The summed E-state index contributed by atoms with van der Waals surface area (Å²) in [4.78, 5) is 25.0. The number of halogens is 3. The maximum absolute atomic E-state index is 12.5. The fourth-order valence-electron chi connectivity index (χ4n) is 2.06. The summed E-state index contributed by atoms with van der Waals surface area (Å²) in [6, 6.07) is 4.44. The average molecular weight is 300 g/mol. The Morgan fingerprint density at radius 1 is 1.19 bits per heavy atom. The van der Waals surface area contributed by atoms with Gasteiger partial charge in [-0.3, -0.25) is 19.8 Å². The maximum Gasteiger partial charge on any atom is 0.416 e. The van der Waals surface area contributed by atoms with Gasteiger partial charge in [0.25, 0.3) is 0 Å². The molecule has 0 atom stereocenters. The van der Waals surface area contributed by atoms with Gasteiger partial charge in [-0.15, -0.1) is 0 Å². The summed E-state index contributed by atoms with van der Waals surface area (Å²) < 4.78 is 37.4. The van der Waals surface area contributed by atoms with Crippen molar-refractivity contribution >= 4 is 11.8 Å². The van der Waals surface area contributed by atoms with Crippen LogP contribution in [0, 0.1) is 0 Å². The van der Waals surface area contributed by atoms with E-state index in [9.17, 15) is 22.8 Å². The molecule has 1 aromatic rings. The van der Waals surface area contributed by atoms with Crippen LogP contribution in [0.15, 0.2) is 24.3 Å². The zero-order chi connectivity index (χ0) is 15.8. The maximum atomic E-state index is 12.5. The van der Waals surface area contributed by atoms with Gasteiger partial charge < -0.3 is 0 Å². The first-order valence-corrected chi connectivity index (χ1v) is 6.37. The van der Waals surface area contributed by atoms with Crippen molar-refractivity contribution in [1.29, 1.82) is 0 Å². The molecule has 1 N–H and O–H groups in total. The number of nitrogens with one attached hydrogen (secondary N) is 1. The molecule has 21 heavy (non-hydrogen) atoms. The number of hydrogen-bond donors (Lipinski definition) is 1. The highest BCUT2D eigenvalue weighted by Crippen LogP contribution is 2.29. The van der Waals surface area contributed by atoms with Gasteiger partial charge in [-0.05, 0) is 31.5 Å². The van der Waals surface area contributed by atoms with E-state index in [1.165, 1.54) is 12.1 Å². The number of piperazine rings is 1. The molecule has 0 spiro atoms. The summed E-state index contributed by atoms with van der Waals surface area (Å²) in [6.45, 7) is 3.31. The number of nitrogens with zero attached hydrogens (tertiary/aromatic N) is 1. The van der Waals surface area contributed by atoms with E-state index in [2.05, 4.69) is 5.32 Å². The second-order valence-electron chi connectivity index (χ2n) is 5.46. The molecule has 2 amide bonds. The van der Waals surface area contributed by atoms with E-state index in [1.54, 1.807) is 13.8 Å². The van der Waals surface area contributed by atoms with Crippen LogP contribution in [0.1, 0.15) is 25.0 Å². The minimum atomic E-state index is -4.40. The van der Waals surface area contributed by atoms with Crippen LogP contribution < -0.4 is 5.32 Å². The molecule has 1 aliphatic heterocycles. The monoisotopic (exact) mass is 300 g/mol. The zero-order valence-corrected chi connectivity index (χ0v) is 11.6. The Kier molecular flexibility index (Phi) is 3.79. The van der Waals surface area contributed by atoms with Gasteiger partial charge in [0, 0.05) is 0 Å². The number of hydrogen-bond acceptors (Lipinski definition) is 3. The first-order valence-electron chi connectivity index (χ1n) is 6.37. The highest BCUT2D eigenvalue weighted by Gasteiger charge is 2.39. The number of rotatable bonds is 2. The van der Waals surface area contributed by atoms with Crippen molar-refractivity contribution in [3.8, 4) is 0 Å². The Balaban J connectivity index is 2.17. The molecule has 0 unspecified atom stereocenters. The van der Waals surface area contributed by atoms with E-state index < -0.39 is 23.2 Å². The molecule has 0 saturated carbocycles. The highest BCUT2D eigenvalue weighted by molar-refractivity contribution is 6.02. The summed E-state index contributed by atoms with van der Waals surface area (Å²) in [5, 5.41) is 2.81. The van der Waals surface area contributed by atoms with Crippen LogP contribution >= 0.6 is 0 Å². The molecular weight excluding hydrogens is 285 g/mol. The van der Waals surface area contributed by atoms with Gasteiger partial charge in [0.1, 0.15) is 0 Å². The predicted octanol–water partition coefficient (Wildman–Crippen LogP) is 1.94. The lowest BCUT2D eigenvalue weighted by atomic mass is 10.00. The fourth-order valence-corrected chi connectivity index (χ4v) is 2.06. The normalized spacial score (nSPS) is 19.0. The number of benzene rings is 1. The number of imide groups is 1. The zero-order valence-electron chi connectivity index (χ0n) is 11.6. The summed E-state index contributed by atoms with van der Waals surface area (Å²) >= 11 is 0. The van der Waals surface area contributed by atoms with Gasteiger partial charge in [0.05, 0.1) is 24.2 Å². The smallest absolute Gasteiger partial charge is 0.295 e. The quantitative estimate of drug-likeness (QED) is 0.849. The van der Waals surface area contributed by atoms with Crippen LogP contribution in [0.5, 0.6) is 0 Å². The van der Waals surface area contributed by atoms with Crippen LogP contribution in [0.3, 0.4) is 0 Å². The Labute approximate surface area is 119 Å². The van der Waals surface area contributed by atoms with Crippen molar-refractivity contribution in [1.82, 2.24) is 10.2 Å². The fraction of sp³-hybridized carbons (Fsp3) is 0.429. The molecule has 1 heterocycles. The van der Waals surface area contributed by atoms with Crippen molar-refractivity contribution < 1.29 is 22.8 Å². The molecule has 7 heteroatoms. The molecule has 1 fully saturated rings. The number of alkyl halides is 3. The molecule has 4 nitrogen and oxygen atoms in total. The SMILES string of the molecule is CC1(C)NCC(=O)N(Cc2ccc(C(F)(F)F)cc2)C1=O. The van der Waals surface area contributed by atoms with Crippen molar-refractivity contribution in [2.24, 2.45) is 0 Å². The summed E-state index contributed by atoms with van der Waals surface area (Å²) in [7, 11) is 0. The Morgan fingerprint density at radius 2 is 1.76 bits per heavy atom. The predicted molar refractivity (Wildman–Crippen MR) is 69.1 cm³/mol. The minimum absolute atomic E-state index is 0.0269. The van der Waals surface area contributed by atoms with Gasteiger partial charge in [0.2, 0.25) is 11.8 Å². The van der Waals surface area contributed by atoms with Crippen LogP contribution in [-0.2, 0) is 22.3 Å². The molecule has 0 aromatic heterocycles. The lowest BCUT2D eigenvalue weighted by molar-refractivity contribution is -0.153. The van der Waals surface area contributed by atoms with E-state index in [0.717, 1.165) is 17.0 Å². The summed E-state index contributed by atoms with van der Waals surface area (Å²) in [5.41, 5.74) is -1.15. The Bertz CT molecular complexity index is 565. The molecule has 0 aliphatic carbocycles. The second kappa shape index (κ2) is 5.14.